The van der Waals surface area contributed by atoms with Crippen molar-refractivity contribution in [3.8, 4) is 27.4 Å². The Morgan fingerprint density at radius 1 is 0.857 bits per heavy atom. The van der Waals surface area contributed by atoms with Crippen LogP contribution in [0.3, 0.4) is 0 Å². The molecule has 2 aromatic carbocycles. The number of thiazole rings is 1. The molecule has 4 atom stereocenters. The lowest BCUT2D eigenvalue weighted by atomic mass is 9.85. The van der Waals surface area contributed by atoms with Crippen molar-refractivity contribution in [3.63, 3.8) is 0 Å². The summed E-state index contributed by atoms with van der Waals surface area (Å²) >= 11 is 1.57. The summed E-state index contributed by atoms with van der Waals surface area (Å²) in [6.45, 7) is 16.6. The third-order valence-electron chi connectivity index (χ3n) is 13.1. The van der Waals surface area contributed by atoms with Gasteiger partial charge >= 0.3 is 6.18 Å². The van der Waals surface area contributed by atoms with Crippen LogP contribution in [-0.2, 0) is 44.2 Å². The van der Waals surface area contributed by atoms with Crippen molar-refractivity contribution in [2.75, 3.05) is 95.9 Å². The number of aromatic nitrogens is 3. The first kappa shape index (κ1) is 58.1. The van der Waals surface area contributed by atoms with E-state index in [0.29, 0.717) is 101 Å². The van der Waals surface area contributed by atoms with Crippen molar-refractivity contribution in [1.82, 2.24) is 30.5 Å². The molecular weight excluding hydrogens is 1020 g/mol. The molecule has 2 saturated heterocycles. The highest BCUT2D eigenvalue weighted by Crippen LogP contribution is 2.35. The number of pyridine rings is 2. The number of rotatable bonds is 25. The van der Waals surface area contributed by atoms with Gasteiger partial charge in [-0.15, -0.1) is 11.3 Å². The molecule has 18 nitrogen and oxygen atoms in total. The Kier molecular flexibility index (Phi) is 20.5. The Hall–Kier alpha value is -6.56. The van der Waals surface area contributed by atoms with E-state index in [1.165, 1.54) is 23.2 Å². The van der Waals surface area contributed by atoms with Gasteiger partial charge in [0.25, 0.3) is 12.4 Å². The van der Waals surface area contributed by atoms with Crippen LogP contribution < -0.4 is 25.6 Å². The van der Waals surface area contributed by atoms with Crippen molar-refractivity contribution in [1.29, 1.82) is 0 Å². The minimum Gasteiger partial charge on any atom is -0.474 e. The summed E-state index contributed by atoms with van der Waals surface area (Å²) < 4.78 is 74.2. The summed E-state index contributed by atoms with van der Waals surface area (Å²) in [6, 6.07) is 13.9. The van der Waals surface area contributed by atoms with E-state index in [9.17, 15) is 32.3 Å². The average molecular weight is 1090 g/mol. The molecule has 5 heterocycles. The lowest BCUT2D eigenvalue weighted by Gasteiger charge is -2.35. The zero-order valence-corrected chi connectivity index (χ0v) is 45.0. The number of hydrogen-bond acceptors (Lipinski definition) is 16. The molecular formula is C55H67F3N8O10S. The molecule has 2 fully saturated rings. The Morgan fingerprint density at radius 2 is 1.56 bits per heavy atom. The quantitative estimate of drug-likeness (QED) is 0.0384. The number of ether oxygens (including phenoxy) is 6. The lowest BCUT2D eigenvalue weighted by Crippen LogP contribution is -2.57. The van der Waals surface area contributed by atoms with Gasteiger partial charge in [-0.1, -0.05) is 51.1 Å². The number of nitrogens with zero attached hydrogens (tertiary/aromatic N) is 5. The Labute approximate surface area is 450 Å². The molecule has 0 radical (unpaired) electrons. The van der Waals surface area contributed by atoms with Crippen LogP contribution in [-0.4, -0.2) is 148 Å². The molecule has 0 spiro atoms. The van der Waals surface area contributed by atoms with Gasteiger partial charge in [0.05, 0.1) is 105 Å². The van der Waals surface area contributed by atoms with E-state index in [1.54, 1.807) is 23.6 Å². The van der Waals surface area contributed by atoms with E-state index in [-0.39, 0.29) is 49.6 Å². The fraction of sp³-hybridized carbons (Fsp3) is 0.473. The van der Waals surface area contributed by atoms with Crippen LogP contribution in [0.2, 0.25) is 0 Å². The van der Waals surface area contributed by atoms with Crippen molar-refractivity contribution in [3.05, 3.63) is 107 Å². The summed E-state index contributed by atoms with van der Waals surface area (Å²) in [7, 11) is 0. The van der Waals surface area contributed by atoms with Crippen LogP contribution in [0.1, 0.15) is 73.0 Å². The smallest absolute Gasteiger partial charge is 0.416 e. The second kappa shape index (κ2) is 27.2. The molecule has 77 heavy (non-hydrogen) atoms. The van der Waals surface area contributed by atoms with Crippen molar-refractivity contribution in [2.45, 2.75) is 78.4 Å². The van der Waals surface area contributed by atoms with E-state index in [0.717, 1.165) is 39.5 Å². The monoisotopic (exact) mass is 1090 g/mol. The highest BCUT2D eigenvalue weighted by atomic mass is 32.1. The predicted molar refractivity (Wildman–Crippen MR) is 284 cm³/mol. The van der Waals surface area contributed by atoms with Gasteiger partial charge in [-0.3, -0.25) is 24.2 Å². The van der Waals surface area contributed by atoms with Gasteiger partial charge in [0.1, 0.15) is 24.4 Å². The predicted octanol–water partition coefficient (Wildman–Crippen LogP) is 7.44. The van der Waals surface area contributed by atoms with E-state index >= 15 is 0 Å². The Morgan fingerprint density at radius 3 is 2.22 bits per heavy atom. The van der Waals surface area contributed by atoms with Crippen molar-refractivity contribution >= 4 is 46.9 Å². The highest BCUT2D eigenvalue weighted by Gasteiger charge is 2.45. The standard InChI is InChI=1S/C55H67F3N8O10S/c1-35(38-10-12-39(13-11-38)48-37(3)62-33-77-48)63-51(69)46-29-44(76-34-67)32-66(46)53(70)49(54(4,5)6)59-14-17-71-20-21-73-22-23-74-24-25-75-52-47(65-15-18-72-19-16-65)27-41(30-61-52)45-28-43(31-60-36(45)2)64-50(68)40-8-7-9-42(26-40)55(56,57)58/h7-13,26-28,30-31,33-35,44,46,49,59H,14-25,29,32H2,1-6H3,(H,63,69)(H,64,68)/t35-,44+,46-,49-/m0/s1. The number of amides is 3. The number of halogens is 3. The number of anilines is 2. The minimum absolute atomic E-state index is 0.0932. The van der Waals surface area contributed by atoms with Crippen molar-refractivity contribution < 1.29 is 60.8 Å². The number of alkyl halides is 3. The number of carbonyl (C=O) groups is 4. The second-order valence-electron chi connectivity index (χ2n) is 19.7. The summed E-state index contributed by atoms with van der Waals surface area (Å²) in [5.74, 6) is -0.911. The molecule has 5 aromatic rings. The van der Waals surface area contributed by atoms with Crippen LogP contribution in [0.4, 0.5) is 24.5 Å². The molecule has 414 valence electrons. The Balaban J connectivity index is 0.823. The maximum atomic E-state index is 14.3. The lowest BCUT2D eigenvalue weighted by molar-refractivity contribution is -0.143. The maximum Gasteiger partial charge on any atom is 0.416 e. The zero-order valence-electron chi connectivity index (χ0n) is 44.2. The first-order valence-electron chi connectivity index (χ1n) is 25.5. The number of hydrogen-bond donors (Lipinski definition) is 3. The normalized spacial score (nSPS) is 16.7. The molecule has 3 amide bonds. The number of aryl methyl sites for hydroxylation is 2. The molecule has 0 saturated carbocycles. The summed E-state index contributed by atoms with van der Waals surface area (Å²) in [6.07, 6.45) is -1.95. The van der Waals surface area contributed by atoms with Gasteiger partial charge in [-0.05, 0) is 67.6 Å². The fourth-order valence-corrected chi connectivity index (χ4v) is 9.78. The van der Waals surface area contributed by atoms with Crippen molar-refractivity contribution in [2.24, 2.45) is 5.41 Å². The van der Waals surface area contributed by atoms with E-state index < -0.39 is 41.2 Å². The fourth-order valence-electron chi connectivity index (χ4n) is 8.97. The second-order valence-corrected chi connectivity index (χ2v) is 20.5. The number of likely N-dealkylation sites (tertiary alicyclic amines) is 1. The molecule has 0 aliphatic carbocycles. The summed E-state index contributed by atoms with van der Waals surface area (Å²) in [5, 5.41) is 9.07. The first-order valence-corrected chi connectivity index (χ1v) is 26.4. The van der Waals surface area contributed by atoms with Crippen LogP contribution in [0.25, 0.3) is 21.6 Å². The molecule has 3 aromatic heterocycles. The molecule has 2 aliphatic rings. The maximum absolute atomic E-state index is 14.3. The number of benzene rings is 2. The zero-order chi connectivity index (χ0) is 55.1. The van der Waals surface area contributed by atoms with Crippen LogP contribution in [0.15, 0.2) is 78.6 Å². The van der Waals surface area contributed by atoms with Gasteiger partial charge in [-0.25, -0.2) is 9.97 Å². The van der Waals surface area contributed by atoms with Crippen LogP contribution in [0, 0.1) is 19.3 Å². The molecule has 0 unspecified atom stereocenters. The van der Waals surface area contributed by atoms with Gasteiger partial charge in [-0.2, -0.15) is 13.2 Å². The number of carbonyl (C=O) groups excluding carboxylic acids is 4. The Bertz CT molecular complexity index is 2770. The highest BCUT2D eigenvalue weighted by molar-refractivity contribution is 7.13. The minimum atomic E-state index is -4.59. The van der Waals surface area contributed by atoms with Crippen LogP contribution >= 0.6 is 11.3 Å². The van der Waals surface area contributed by atoms with Gasteiger partial charge in [0.2, 0.25) is 17.7 Å². The van der Waals surface area contributed by atoms with Gasteiger partial charge < -0.3 is 54.2 Å². The van der Waals surface area contributed by atoms with E-state index in [4.69, 9.17) is 28.4 Å². The SMILES string of the molecule is Cc1ncc(NC(=O)c2cccc(C(F)(F)F)c2)cc1-c1cnc(OCCOCCOCCOCCN[C@@H](C(=O)N2C[C@H](OC=O)C[C@H]2C(=O)N[C@@H](C)c2ccc(-c3scnc3C)cc2)C(C)(C)C)c(N2CCOCC2)c1. The number of morpholine rings is 1. The molecule has 0 bridgehead atoms. The summed E-state index contributed by atoms with van der Waals surface area (Å²) in [4.78, 5) is 70.5. The average Bonchev–Trinajstić information content (AvgIpc) is 4.07. The molecule has 7 rings (SSSR count). The first-order chi connectivity index (χ1) is 36.9. The summed E-state index contributed by atoms with van der Waals surface area (Å²) in [5.41, 5.74) is 6.17. The topological polar surface area (TPSA) is 205 Å². The van der Waals surface area contributed by atoms with E-state index in [2.05, 4.69) is 35.8 Å². The third-order valence-corrected chi connectivity index (χ3v) is 14.1. The molecule has 2 aliphatic heterocycles. The number of nitrogens with one attached hydrogen (secondary N) is 3. The third kappa shape index (κ3) is 16.0. The van der Waals surface area contributed by atoms with Crippen LogP contribution in [0.5, 0.6) is 5.88 Å². The molecule has 3 N–H and O–H groups in total. The van der Waals surface area contributed by atoms with Gasteiger partial charge in [0.15, 0.2) is 0 Å². The van der Waals surface area contributed by atoms with Gasteiger partial charge in [0, 0.05) is 54.6 Å². The largest absolute Gasteiger partial charge is 0.474 e. The molecule has 22 heteroatoms. The van der Waals surface area contributed by atoms with E-state index in [1.807, 2.05) is 77.4 Å².